The van der Waals surface area contributed by atoms with E-state index in [1.807, 2.05) is 0 Å². The number of hydrogen-bond acceptors (Lipinski definition) is 2. The predicted octanol–water partition coefficient (Wildman–Crippen LogP) is 7.18. The van der Waals surface area contributed by atoms with Gasteiger partial charge in [-0.1, -0.05) is 0 Å². The van der Waals surface area contributed by atoms with Gasteiger partial charge in [-0.25, -0.2) is 0 Å². The summed E-state index contributed by atoms with van der Waals surface area (Å²) in [6.45, 7) is 2.19. The van der Waals surface area contributed by atoms with E-state index >= 15 is 0 Å². The van der Waals surface area contributed by atoms with E-state index in [0.717, 1.165) is 21.1 Å². The third-order valence-electron chi connectivity index (χ3n) is 6.70. The van der Waals surface area contributed by atoms with Gasteiger partial charge in [-0.05, 0) is 0 Å². The first-order chi connectivity index (χ1) is 16.9. The van der Waals surface area contributed by atoms with E-state index in [0.29, 0.717) is 0 Å². The molecule has 0 aliphatic rings. The van der Waals surface area contributed by atoms with Crippen molar-refractivity contribution in [1.29, 1.82) is 0 Å². The number of rotatable bonds is 7. The molecule has 5 heteroatoms. The van der Waals surface area contributed by atoms with E-state index in [9.17, 15) is 9.90 Å². The first-order valence-electron chi connectivity index (χ1n) is 11.5. The average Bonchev–Trinajstić information content (AvgIpc) is 3.28. The van der Waals surface area contributed by atoms with Crippen LogP contribution in [0.4, 0.5) is 0 Å². The molecule has 0 aliphatic heterocycles. The number of benzene rings is 4. The van der Waals surface area contributed by atoms with Crippen molar-refractivity contribution in [3.8, 4) is 0 Å². The summed E-state index contributed by atoms with van der Waals surface area (Å²) in [7, 11) is 0. The number of halogens is 1. The molecule has 0 amide bonds. The Morgan fingerprint density at radius 3 is 2.03 bits per heavy atom. The molecule has 35 heavy (non-hydrogen) atoms. The van der Waals surface area contributed by atoms with Crippen molar-refractivity contribution < 1.29 is 9.90 Å². The standard InChI is InChI=1S/C30H26BrO2PS/c1-22-11-8-9-17-28(22)34(31,24-13-4-2-5-14-24,25-15-6-3-7-16-25)21-23-12-10-18-29-27(23)19-26(35-29)20-30(32)33/h2-19H,20-21H2,1H3,(H,32,33). The van der Waals surface area contributed by atoms with Crippen LogP contribution in [0.5, 0.6) is 0 Å². The Kier molecular flexibility index (Phi) is 6.40. The Labute approximate surface area is 217 Å². The summed E-state index contributed by atoms with van der Waals surface area (Å²) in [6, 6.07) is 38.8. The number of thiophene rings is 1. The second-order valence-electron chi connectivity index (χ2n) is 8.91. The fourth-order valence-electron chi connectivity index (χ4n) is 5.13. The minimum atomic E-state index is -3.17. The quantitative estimate of drug-likeness (QED) is 0.214. The van der Waals surface area contributed by atoms with Crippen LogP contribution in [0.1, 0.15) is 16.0 Å². The van der Waals surface area contributed by atoms with Crippen LogP contribution in [0.2, 0.25) is 0 Å². The van der Waals surface area contributed by atoms with Gasteiger partial charge in [-0.2, -0.15) is 0 Å². The number of hydrogen-bond donors (Lipinski definition) is 1. The molecule has 2 nitrogen and oxygen atoms in total. The van der Waals surface area contributed by atoms with Gasteiger partial charge in [0.1, 0.15) is 0 Å². The Hall–Kier alpha value is -2.78. The van der Waals surface area contributed by atoms with Crippen LogP contribution in [0, 0.1) is 6.92 Å². The maximum absolute atomic E-state index is 11.4. The number of fused-ring (bicyclic) bond motifs is 1. The zero-order valence-corrected chi connectivity index (χ0v) is 22.7. The summed E-state index contributed by atoms with van der Waals surface area (Å²) in [5, 5.41) is 11.2. The predicted molar refractivity (Wildman–Crippen MR) is 156 cm³/mol. The van der Waals surface area contributed by atoms with E-state index in [2.05, 4.69) is 132 Å². The van der Waals surface area contributed by atoms with Gasteiger partial charge in [0.05, 0.1) is 0 Å². The molecule has 0 saturated carbocycles. The van der Waals surface area contributed by atoms with Crippen molar-refractivity contribution in [3.05, 3.63) is 125 Å². The Morgan fingerprint density at radius 2 is 1.43 bits per heavy atom. The number of carboxylic acids is 1. The van der Waals surface area contributed by atoms with Crippen molar-refractivity contribution in [2.45, 2.75) is 19.5 Å². The van der Waals surface area contributed by atoms with Crippen LogP contribution in [0.3, 0.4) is 0 Å². The maximum atomic E-state index is 11.4. The molecule has 5 rings (SSSR count). The topological polar surface area (TPSA) is 37.3 Å². The number of aliphatic carboxylic acids is 1. The summed E-state index contributed by atoms with van der Waals surface area (Å²) in [6.07, 6.45) is 0.830. The summed E-state index contributed by atoms with van der Waals surface area (Å²) in [4.78, 5) is 12.3. The van der Waals surface area contributed by atoms with Gasteiger partial charge in [-0.15, -0.1) is 0 Å². The van der Waals surface area contributed by atoms with Crippen molar-refractivity contribution in [3.63, 3.8) is 0 Å². The molecular formula is C30H26BrO2PS. The van der Waals surface area contributed by atoms with Gasteiger partial charge in [-0.3, -0.25) is 0 Å². The molecule has 0 spiro atoms. The molecule has 1 N–H and O–H groups in total. The first-order valence-corrected chi connectivity index (χ1v) is 16.8. The van der Waals surface area contributed by atoms with Gasteiger partial charge in [0.25, 0.3) is 0 Å². The van der Waals surface area contributed by atoms with Crippen LogP contribution < -0.4 is 15.9 Å². The second-order valence-corrected chi connectivity index (χ2v) is 19.0. The summed E-state index contributed by atoms with van der Waals surface area (Å²) >= 11 is 6.15. The van der Waals surface area contributed by atoms with Gasteiger partial charge in [0.2, 0.25) is 0 Å². The van der Waals surface area contributed by atoms with Gasteiger partial charge in [0, 0.05) is 0 Å². The van der Waals surface area contributed by atoms with Crippen LogP contribution in [0.15, 0.2) is 109 Å². The zero-order chi connectivity index (χ0) is 24.5. The monoisotopic (exact) mass is 560 g/mol. The molecule has 0 aliphatic carbocycles. The van der Waals surface area contributed by atoms with Crippen LogP contribution >= 0.6 is 32.1 Å². The van der Waals surface area contributed by atoms with E-state index < -0.39 is 11.3 Å². The fraction of sp³-hybridized carbons (Fsp3) is 0.100. The van der Waals surface area contributed by atoms with Gasteiger partial charge < -0.3 is 0 Å². The molecular weight excluding hydrogens is 535 g/mol. The first kappa shape index (κ1) is 23.9. The molecule has 0 unspecified atom stereocenters. The van der Waals surface area contributed by atoms with E-state index in [1.165, 1.54) is 27.0 Å². The number of carboxylic acid groups (broad SMARTS) is 1. The molecule has 1 aromatic heterocycles. The third kappa shape index (κ3) is 4.14. The molecule has 1 heterocycles. The fourth-order valence-corrected chi connectivity index (χ4v) is 14.8. The Balaban J connectivity index is 1.85. The molecule has 0 saturated heterocycles. The molecule has 0 atom stereocenters. The normalized spacial score (nSPS) is 12.8. The van der Waals surface area contributed by atoms with Crippen LogP contribution in [-0.4, -0.2) is 11.1 Å². The molecule has 4 aromatic carbocycles. The average molecular weight is 561 g/mol. The summed E-state index contributed by atoms with van der Waals surface area (Å²) in [5.41, 5.74) is 2.47. The number of carbonyl (C=O) groups is 1. The SMILES string of the molecule is Cc1ccccc1P(Br)(Cc1cccc2sc(CC(=O)O)cc12)(c1ccccc1)c1ccccc1. The summed E-state index contributed by atoms with van der Waals surface area (Å²) in [5.74, 6) is -0.799. The van der Waals surface area contributed by atoms with Gasteiger partial charge >= 0.3 is 219 Å². The molecule has 0 fully saturated rings. The third-order valence-corrected chi connectivity index (χ3v) is 17.3. The minimum absolute atomic E-state index is 0.0475. The van der Waals surface area contributed by atoms with E-state index in [4.69, 9.17) is 0 Å². The molecule has 0 bridgehead atoms. The van der Waals surface area contributed by atoms with E-state index in [1.54, 1.807) is 11.3 Å². The number of aryl methyl sites for hydroxylation is 1. The zero-order valence-electron chi connectivity index (χ0n) is 19.4. The van der Waals surface area contributed by atoms with Crippen molar-refractivity contribution in [1.82, 2.24) is 0 Å². The Morgan fingerprint density at radius 1 is 0.829 bits per heavy atom. The van der Waals surface area contributed by atoms with Crippen molar-refractivity contribution in [2.24, 2.45) is 0 Å². The Bertz CT molecular complexity index is 1470. The second kappa shape index (κ2) is 9.35. The molecule has 5 aromatic rings. The van der Waals surface area contributed by atoms with Crippen LogP contribution in [-0.2, 0) is 17.4 Å². The molecule has 176 valence electrons. The summed E-state index contributed by atoms with van der Waals surface area (Å²) < 4.78 is 1.13. The molecule has 0 radical (unpaired) electrons. The van der Waals surface area contributed by atoms with Gasteiger partial charge in [0.15, 0.2) is 0 Å². The van der Waals surface area contributed by atoms with E-state index in [-0.39, 0.29) is 6.42 Å². The van der Waals surface area contributed by atoms with Crippen molar-refractivity contribution in [2.75, 3.05) is 0 Å². The van der Waals surface area contributed by atoms with Crippen molar-refractivity contribution >= 4 is 64.1 Å². The van der Waals surface area contributed by atoms with Crippen LogP contribution in [0.25, 0.3) is 10.1 Å².